The van der Waals surface area contributed by atoms with E-state index in [4.69, 9.17) is 14.7 Å². The Balaban J connectivity index is 1.86. The Hall–Kier alpha value is -3.62. The average molecular weight is 500 g/mol. The molecule has 0 fully saturated rings. The van der Waals surface area contributed by atoms with Crippen molar-refractivity contribution >= 4 is 32.7 Å². The number of nitriles is 1. The van der Waals surface area contributed by atoms with Crippen LogP contribution in [0.15, 0.2) is 42.5 Å². The summed E-state index contributed by atoms with van der Waals surface area (Å²) in [7, 11) is 0.246. The molecule has 0 aliphatic carbocycles. The van der Waals surface area contributed by atoms with E-state index in [-0.39, 0.29) is 25.5 Å². The first kappa shape index (κ1) is 26.0. The highest BCUT2D eigenvalue weighted by Gasteiger charge is 2.17. The molecule has 0 unspecified atom stereocenters. The largest absolute Gasteiger partial charge is 0.486 e. The number of anilines is 1. The van der Waals surface area contributed by atoms with Gasteiger partial charge in [-0.2, -0.15) is 5.26 Å². The van der Waals surface area contributed by atoms with E-state index >= 15 is 0 Å². The van der Waals surface area contributed by atoms with Gasteiger partial charge in [0.2, 0.25) is 10.0 Å². The highest BCUT2D eigenvalue weighted by Crippen LogP contribution is 2.23. The van der Waals surface area contributed by atoms with E-state index in [0.29, 0.717) is 46.8 Å². The van der Waals surface area contributed by atoms with Gasteiger partial charge in [-0.3, -0.25) is 9.52 Å². The quantitative estimate of drug-likeness (QED) is 0.377. The van der Waals surface area contributed by atoms with E-state index in [0.717, 1.165) is 0 Å². The van der Waals surface area contributed by atoms with Gasteiger partial charge in [0.25, 0.3) is 0 Å². The minimum absolute atomic E-state index is 0.00497. The van der Waals surface area contributed by atoms with E-state index in [1.165, 1.54) is 0 Å². The topological polar surface area (TPSA) is 127 Å². The molecule has 0 amide bonds. The number of sulfonamides is 1. The molecule has 1 heterocycles. The molecule has 11 heteroatoms. The monoisotopic (exact) mass is 499 g/mol. The number of rotatable bonds is 12. The van der Waals surface area contributed by atoms with Gasteiger partial charge >= 0.3 is 5.97 Å². The van der Waals surface area contributed by atoms with Crippen molar-refractivity contribution in [2.75, 3.05) is 37.7 Å². The van der Waals surface area contributed by atoms with Crippen LogP contribution < -0.4 is 9.46 Å². The third-order valence-electron chi connectivity index (χ3n) is 5.06. The molecule has 0 aliphatic rings. The first-order valence-electron chi connectivity index (χ1n) is 11.1. The number of nitrogens with zero attached hydrogens (tertiary/aromatic N) is 4. The number of ether oxygens (including phenoxy) is 2. The molecule has 10 nitrogen and oxygen atoms in total. The van der Waals surface area contributed by atoms with Crippen LogP contribution in [0.3, 0.4) is 0 Å². The van der Waals surface area contributed by atoms with Gasteiger partial charge in [-0.1, -0.05) is 0 Å². The summed E-state index contributed by atoms with van der Waals surface area (Å²) in [5.74, 6) is 0.573. The maximum atomic E-state index is 12.5. The van der Waals surface area contributed by atoms with Crippen molar-refractivity contribution in [2.45, 2.75) is 26.5 Å². The van der Waals surface area contributed by atoms with Crippen LogP contribution in [0.5, 0.6) is 5.75 Å². The first-order valence-corrected chi connectivity index (χ1v) is 12.8. The molecular formula is C24H29N5O5S. The zero-order valence-corrected chi connectivity index (χ0v) is 20.8. The van der Waals surface area contributed by atoms with Crippen LogP contribution in [0.1, 0.15) is 24.7 Å². The Bertz CT molecular complexity index is 1310. The molecule has 3 rings (SSSR count). The number of hydrogen-bond acceptors (Lipinski definition) is 8. The van der Waals surface area contributed by atoms with E-state index in [1.807, 2.05) is 19.0 Å². The number of fused-ring (bicyclic) bond motifs is 1. The van der Waals surface area contributed by atoms with Crippen molar-refractivity contribution in [3.05, 3.63) is 53.9 Å². The molecule has 0 spiro atoms. The maximum Gasteiger partial charge on any atom is 0.326 e. The lowest BCUT2D eigenvalue weighted by atomic mass is 10.2. The lowest BCUT2D eigenvalue weighted by Crippen LogP contribution is -2.21. The van der Waals surface area contributed by atoms with Gasteiger partial charge in [-0.25, -0.2) is 13.4 Å². The van der Waals surface area contributed by atoms with Crippen molar-refractivity contribution in [2.24, 2.45) is 0 Å². The lowest BCUT2D eigenvalue weighted by Gasteiger charge is -2.12. The number of carbonyl (C=O) groups excluding carboxylic acids is 1. The smallest absolute Gasteiger partial charge is 0.326 e. The van der Waals surface area contributed by atoms with E-state index < -0.39 is 16.0 Å². The summed E-state index contributed by atoms with van der Waals surface area (Å²) >= 11 is 0. The second-order valence-electron chi connectivity index (χ2n) is 8.13. The van der Waals surface area contributed by atoms with E-state index in [9.17, 15) is 13.2 Å². The SMILES string of the molecule is CCOC(=O)Cn1c(COc2ccc(C#N)cc2)nc2ccc(NS(=O)(=O)CCCN(C)C)cc21. The summed E-state index contributed by atoms with van der Waals surface area (Å²) in [6, 6.07) is 13.7. The maximum absolute atomic E-state index is 12.5. The Kier molecular flexibility index (Phi) is 8.68. The number of carbonyl (C=O) groups is 1. The zero-order valence-electron chi connectivity index (χ0n) is 20.0. The molecule has 35 heavy (non-hydrogen) atoms. The summed E-state index contributed by atoms with van der Waals surface area (Å²) < 4.78 is 40.2. The van der Waals surface area contributed by atoms with Crippen molar-refractivity contribution in [3.63, 3.8) is 0 Å². The molecule has 186 valence electrons. The third kappa shape index (κ3) is 7.43. The summed E-state index contributed by atoms with van der Waals surface area (Å²) in [4.78, 5) is 18.8. The highest BCUT2D eigenvalue weighted by atomic mass is 32.2. The molecule has 3 aromatic rings. The minimum atomic E-state index is -3.53. The predicted molar refractivity (Wildman–Crippen MR) is 132 cm³/mol. The second kappa shape index (κ2) is 11.7. The van der Waals surface area contributed by atoms with Crippen LogP contribution in [-0.2, 0) is 32.7 Å². The fourth-order valence-corrected chi connectivity index (χ4v) is 4.53. The Labute approximate surface area is 205 Å². The standard InChI is InChI=1S/C24H29N5O5S/c1-4-33-24(30)16-29-22-14-19(27-35(31,32)13-5-12-28(2)3)8-11-21(22)26-23(29)17-34-20-9-6-18(15-25)7-10-20/h6-11,14,27H,4-5,12-13,16-17H2,1-3H3. The van der Waals surface area contributed by atoms with Crippen LogP contribution in [0.25, 0.3) is 11.0 Å². The molecular weight excluding hydrogens is 470 g/mol. The van der Waals surface area contributed by atoms with Crippen LogP contribution in [0, 0.1) is 11.3 Å². The van der Waals surface area contributed by atoms with Gasteiger partial charge < -0.3 is 18.9 Å². The molecule has 0 saturated carbocycles. The number of aromatic nitrogens is 2. The molecule has 0 bridgehead atoms. The number of hydrogen-bond donors (Lipinski definition) is 1. The highest BCUT2D eigenvalue weighted by molar-refractivity contribution is 7.92. The average Bonchev–Trinajstić information content (AvgIpc) is 3.14. The number of benzene rings is 2. The zero-order chi connectivity index (χ0) is 25.4. The van der Waals surface area contributed by atoms with Crippen LogP contribution >= 0.6 is 0 Å². The van der Waals surface area contributed by atoms with Crippen molar-refractivity contribution in [1.82, 2.24) is 14.5 Å². The van der Waals surface area contributed by atoms with Gasteiger partial charge in [0, 0.05) is 0 Å². The second-order valence-corrected chi connectivity index (χ2v) is 9.97. The van der Waals surface area contributed by atoms with Gasteiger partial charge in [0.15, 0.2) is 0 Å². The molecule has 2 aromatic carbocycles. The van der Waals surface area contributed by atoms with Crippen LogP contribution in [0.2, 0.25) is 0 Å². The lowest BCUT2D eigenvalue weighted by molar-refractivity contribution is -0.143. The molecule has 0 atom stereocenters. The molecule has 1 N–H and O–H groups in total. The van der Waals surface area contributed by atoms with Crippen molar-refractivity contribution in [3.8, 4) is 11.8 Å². The Morgan fingerprint density at radius 3 is 2.60 bits per heavy atom. The number of imidazole rings is 1. The minimum Gasteiger partial charge on any atom is -0.486 e. The van der Waals surface area contributed by atoms with Gasteiger partial charge in [0.1, 0.15) is 24.7 Å². The molecule has 1 aromatic heterocycles. The molecule has 0 radical (unpaired) electrons. The molecule has 0 aliphatic heterocycles. The summed E-state index contributed by atoms with van der Waals surface area (Å²) in [6.07, 6.45) is 0.502. The summed E-state index contributed by atoms with van der Waals surface area (Å²) in [5, 5.41) is 8.95. The normalized spacial score (nSPS) is 11.4. The fraction of sp³-hybridized carbons (Fsp3) is 0.375. The van der Waals surface area contributed by atoms with Crippen molar-refractivity contribution in [1.29, 1.82) is 5.26 Å². The predicted octanol–water partition coefficient (Wildman–Crippen LogP) is 2.74. The number of esters is 1. The Morgan fingerprint density at radius 1 is 1.20 bits per heavy atom. The van der Waals surface area contributed by atoms with Gasteiger partial charge in [-0.05, 0) is 76.4 Å². The van der Waals surface area contributed by atoms with Crippen LogP contribution in [0.4, 0.5) is 5.69 Å². The molecule has 0 saturated heterocycles. The van der Waals surface area contributed by atoms with E-state index in [2.05, 4.69) is 15.8 Å². The van der Waals surface area contributed by atoms with Gasteiger partial charge in [0.05, 0.1) is 40.7 Å². The third-order valence-corrected chi connectivity index (χ3v) is 6.44. The number of nitrogens with one attached hydrogen (secondary N) is 1. The summed E-state index contributed by atoms with van der Waals surface area (Å²) in [5.41, 5.74) is 2.06. The summed E-state index contributed by atoms with van der Waals surface area (Å²) in [6.45, 7) is 2.58. The van der Waals surface area contributed by atoms with Crippen LogP contribution in [-0.4, -0.2) is 61.8 Å². The van der Waals surface area contributed by atoms with Crippen molar-refractivity contribution < 1.29 is 22.7 Å². The Morgan fingerprint density at radius 2 is 1.94 bits per heavy atom. The van der Waals surface area contributed by atoms with Gasteiger partial charge in [-0.15, -0.1) is 0 Å². The van der Waals surface area contributed by atoms with E-state index in [1.54, 1.807) is 54.0 Å². The first-order chi connectivity index (χ1) is 16.7. The fourth-order valence-electron chi connectivity index (χ4n) is 3.43.